The molecule has 0 bridgehead atoms. The second-order valence-corrected chi connectivity index (χ2v) is 25.3. The maximum atomic E-state index is 13.3. The van der Waals surface area contributed by atoms with E-state index in [1.807, 2.05) is 0 Å². The van der Waals surface area contributed by atoms with Gasteiger partial charge in [0.1, 0.15) is 73.2 Å². The first kappa shape index (κ1) is 78.8. The number of rotatable bonds is 54. The summed E-state index contributed by atoms with van der Waals surface area (Å²) in [7, 11) is 0. The lowest BCUT2D eigenvalue weighted by Crippen LogP contribution is -2.66. The predicted molar refractivity (Wildman–Crippen MR) is 333 cm³/mol. The number of hydrogen-bond acceptors (Lipinski definition) is 18. The molecule has 0 aliphatic carbocycles. The number of aliphatic hydroxyl groups is 11. The van der Waals surface area contributed by atoms with Gasteiger partial charge in [-0.15, -0.1) is 0 Å². The van der Waals surface area contributed by atoms with Crippen LogP contribution in [0.15, 0.2) is 12.2 Å². The number of hydrogen-bond donors (Lipinski definition) is 12. The second-order valence-electron chi connectivity index (χ2n) is 25.3. The minimum Gasteiger partial charge on any atom is -0.394 e. The molecule has 3 fully saturated rings. The van der Waals surface area contributed by atoms with Crippen LogP contribution in [-0.4, -0.2) is 193 Å². The molecule has 3 aliphatic heterocycles. The Morgan fingerprint density at radius 3 is 1.13 bits per heavy atom. The van der Waals surface area contributed by atoms with Crippen LogP contribution in [0.1, 0.15) is 277 Å². The minimum absolute atomic E-state index is 0.241. The van der Waals surface area contributed by atoms with E-state index in [1.165, 1.54) is 199 Å². The number of carbonyl (C=O) groups excluding carboxylic acids is 1. The van der Waals surface area contributed by atoms with Crippen molar-refractivity contribution < 1.29 is 89.4 Å². The molecule has 0 saturated carbocycles. The zero-order valence-corrected chi connectivity index (χ0v) is 53.6. The summed E-state index contributed by atoms with van der Waals surface area (Å²) in [6, 6.07) is -0.880. The lowest BCUT2D eigenvalue weighted by Gasteiger charge is -2.48. The Balaban J connectivity index is 1.29. The third-order valence-electron chi connectivity index (χ3n) is 17.8. The average molecular weight is 1230 g/mol. The Hall–Kier alpha value is -1.47. The maximum absolute atomic E-state index is 13.3. The fourth-order valence-corrected chi connectivity index (χ4v) is 12.1. The van der Waals surface area contributed by atoms with Crippen LogP contribution in [0.2, 0.25) is 0 Å². The fourth-order valence-electron chi connectivity index (χ4n) is 12.1. The molecule has 3 saturated heterocycles. The topological polar surface area (TPSA) is 307 Å². The largest absolute Gasteiger partial charge is 0.394 e. The zero-order valence-electron chi connectivity index (χ0n) is 53.6. The lowest BCUT2D eigenvalue weighted by atomic mass is 9.96. The van der Waals surface area contributed by atoms with Crippen molar-refractivity contribution in [2.24, 2.45) is 0 Å². The molecule has 3 aliphatic rings. The van der Waals surface area contributed by atoms with E-state index in [4.69, 9.17) is 28.4 Å². The molecule has 1 amide bonds. The van der Waals surface area contributed by atoms with E-state index in [-0.39, 0.29) is 18.9 Å². The van der Waals surface area contributed by atoms with Gasteiger partial charge in [0.2, 0.25) is 5.91 Å². The van der Waals surface area contributed by atoms with E-state index in [1.54, 1.807) is 0 Å². The van der Waals surface area contributed by atoms with Gasteiger partial charge in [0.05, 0.1) is 38.6 Å². The van der Waals surface area contributed by atoms with E-state index >= 15 is 0 Å². The van der Waals surface area contributed by atoms with Gasteiger partial charge in [0.25, 0.3) is 0 Å². The first-order valence-electron chi connectivity index (χ1n) is 34.9. The van der Waals surface area contributed by atoms with Crippen molar-refractivity contribution in [3.05, 3.63) is 12.2 Å². The van der Waals surface area contributed by atoms with Gasteiger partial charge in [-0.25, -0.2) is 0 Å². The Kier molecular flexibility index (Phi) is 45.9. The lowest BCUT2D eigenvalue weighted by molar-refractivity contribution is -0.379. The molecular weight excluding hydrogens is 1110 g/mol. The van der Waals surface area contributed by atoms with E-state index < -0.39 is 124 Å². The van der Waals surface area contributed by atoms with Crippen molar-refractivity contribution in [3.8, 4) is 0 Å². The Morgan fingerprint density at radius 2 is 0.733 bits per heavy atom. The molecule has 17 unspecified atom stereocenters. The number of ether oxygens (including phenoxy) is 6. The normalized spacial score (nSPS) is 28.8. The molecular formula is C67H127NO18. The van der Waals surface area contributed by atoms with Crippen LogP contribution in [0, 0.1) is 0 Å². The first-order chi connectivity index (χ1) is 41.8. The number of amides is 1. The summed E-state index contributed by atoms with van der Waals surface area (Å²) in [5.74, 6) is -0.241. The van der Waals surface area contributed by atoms with Crippen molar-refractivity contribution in [2.75, 3.05) is 26.4 Å². The molecule has 3 rings (SSSR count). The zero-order chi connectivity index (χ0) is 62.6. The van der Waals surface area contributed by atoms with Gasteiger partial charge in [0, 0.05) is 6.42 Å². The average Bonchev–Trinajstić information content (AvgIpc) is 3.55. The molecule has 19 nitrogen and oxygen atoms in total. The summed E-state index contributed by atoms with van der Waals surface area (Å²) in [5, 5.41) is 120. The second kappa shape index (κ2) is 50.1. The molecule has 86 heavy (non-hydrogen) atoms. The van der Waals surface area contributed by atoms with Gasteiger partial charge in [-0.3, -0.25) is 4.79 Å². The molecule has 0 aromatic carbocycles. The highest BCUT2D eigenvalue weighted by atomic mass is 16.8. The van der Waals surface area contributed by atoms with Crippen LogP contribution in [0.4, 0.5) is 0 Å². The number of aliphatic hydroxyl groups excluding tert-OH is 11. The van der Waals surface area contributed by atoms with Gasteiger partial charge in [0.15, 0.2) is 18.9 Å². The van der Waals surface area contributed by atoms with Gasteiger partial charge < -0.3 is 89.9 Å². The fraction of sp³-hybridized carbons (Fsp3) is 0.955. The van der Waals surface area contributed by atoms with E-state index in [9.17, 15) is 61.0 Å². The number of allylic oxidation sites excluding steroid dienone is 2. The van der Waals surface area contributed by atoms with Crippen molar-refractivity contribution >= 4 is 5.91 Å². The van der Waals surface area contributed by atoms with Crippen LogP contribution in [0.3, 0.4) is 0 Å². The molecule has 19 heteroatoms. The van der Waals surface area contributed by atoms with Crippen molar-refractivity contribution in [2.45, 2.75) is 381 Å². The maximum Gasteiger partial charge on any atom is 0.220 e. The molecule has 0 radical (unpaired) electrons. The number of carbonyl (C=O) groups is 1. The third kappa shape index (κ3) is 32.2. The van der Waals surface area contributed by atoms with Crippen LogP contribution < -0.4 is 5.32 Å². The van der Waals surface area contributed by atoms with E-state index in [0.717, 1.165) is 44.9 Å². The predicted octanol–water partition coefficient (Wildman–Crippen LogP) is 8.89. The summed E-state index contributed by atoms with van der Waals surface area (Å²) in [6.07, 6.45) is 27.9. The highest BCUT2D eigenvalue weighted by Crippen LogP contribution is 2.33. The standard InChI is InChI=1S/C67H127NO18/c1-3-5-7-9-11-13-14-15-16-17-18-19-20-21-22-23-24-25-26-27-28-29-30-31-32-33-34-35-36-37-39-41-43-45-55(73)68-50(51(72)44-42-40-38-12-10-8-6-4-2)49-81-65-61(79)58(76)63(53(47-70)83-65)86-67-62(80)59(77)64(54(48-71)84-67)85-66-60(78)57(75)56(74)52(46-69)82-66/h17-18,50-54,56-67,69-72,74-80H,3-16,19-49H2,1-2H3,(H,68,73)/b18-17-. The van der Waals surface area contributed by atoms with Gasteiger partial charge in [-0.1, -0.05) is 244 Å². The van der Waals surface area contributed by atoms with Crippen molar-refractivity contribution in [3.63, 3.8) is 0 Å². The Labute approximate surface area is 518 Å². The Morgan fingerprint density at radius 1 is 0.407 bits per heavy atom. The van der Waals surface area contributed by atoms with Gasteiger partial charge in [-0.2, -0.15) is 0 Å². The van der Waals surface area contributed by atoms with Crippen LogP contribution in [0.5, 0.6) is 0 Å². The summed E-state index contributed by atoms with van der Waals surface area (Å²) in [4.78, 5) is 13.3. The minimum atomic E-state index is -1.97. The summed E-state index contributed by atoms with van der Waals surface area (Å²) in [6.45, 7) is 1.77. The highest BCUT2D eigenvalue weighted by molar-refractivity contribution is 5.76. The van der Waals surface area contributed by atoms with E-state index in [2.05, 4.69) is 31.3 Å². The highest BCUT2D eigenvalue weighted by Gasteiger charge is 2.53. The molecule has 0 aromatic heterocycles. The molecule has 3 heterocycles. The first-order valence-corrected chi connectivity index (χ1v) is 34.9. The monoisotopic (exact) mass is 1230 g/mol. The van der Waals surface area contributed by atoms with Crippen molar-refractivity contribution in [1.29, 1.82) is 0 Å². The SMILES string of the molecule is CCCCCCCCCC/C=C\CCCCCCCCCCCCCCCCCCCCCCCC(=O)NC(COC1OC(CO)C(OC2OC(CO)C(OC3OC(CO)C(O)C(O)C3O)C(O)C2O)C(O)C1O)C(O)CCCCCCCCCC. The van der Waals surface area contributed by atoms with Crippen LogP contribution in [0.25, 0.3) is 0 Å². The van der Waals surface area contributed by atoms with E-state index in [0.29, 0.717) is 12.8 Å². The van der Waals surface area contributed by atoms with Crippen LogP contribution in [-0.2, 0) is 33.2 Å². The summed E-state index contributed by atoms with van der Waals surface area (Å²) in [5.41, 5.74) is 0. The number of unbranched alkanes of at least 4 members (excludes halogenated alkanes) is 36. The smallest absolute Gasteiger partial charge is 0.220 e. The molecule has 0 spiro atoms. The molecule has 0 aromatic rings. The molecule has 508 valence electrons. The quantitative estimate of drug-likeness (QED) is 0.0200. The summed E-state index contributed by atoms with van der Waals surface area (Å²) < 4.78 is 34.3. The van der Waals surface area contributed by atoms with Gasteiger partial charge >= 0.3 is 0 Å². The number of nitrogens with one attached hydrogen (secondary N) is 1. The molecule has 12 N–H and O–H groups in total. The van der Waals surface area contributed by atoms with Crippen LogP contribution >= 0.6 is 0 Å². The Bertz CT molecular complexity index is 1620. The van der Waals surface area contributed by atoms with Crippen molar-refractivity contribution in [1.82, 2.24) is 5.32 Å². The molecule has 17 atom stereocenters. The third-order valence-corrected chi connectivity index (χ3v) is 17.8. The summed E-state index contributed by atoms with van der Waals surface area (Å²) >= 11 is 0. The van der Waals surface area contributed by atoms with Gasteiger partial charge in [-0.05, 0) is 38.5 Å².